The Kier molecular flexibility index (Phi) is 16.7. The smallest absolute Gasteiger partial charge is 0.252 e. The maximum atomic E-state index is 10.1. The molecule has 16 aromatic carbocycles. The third-order valence-corrected chi connectivity index (χ3v) is 28.2. The van der Waals surface area contributed by atoms with E-state index in [1.54, 1.807) is 4.57 Å². The first-order chi connectivity index (χ1) is 65.7. The van der Waals surface area contributed by atoms with Crippen molar-refractivity contribution in [1.29, 1.82) is 0 Å². The zero-order valence-corrected chi connectivity index (χ0v) is 79.3. The molecular weight excluding hydrogens is 1580 g/mol. The molecule has 0 saturated heterocycles. The van der Waals surface area contributed by atoms with Gasteiger partial charge in [-0.15, -0.1) is 0 Å². The van der Waals surface area contributed by atoms with Crippen LogP contribution in [0.15, 0.2) is 327 Å². The molecule has 22 rings (SSSR count). The Morgan fingerprint density at radius 2 is 0.580 bits per heavy atom. The Bertz CT molecular complexity index is 8330. The number of benzene rings is 16. The lowest BCUT2D eigenvalue weighted by Crippen LogP contribution is -2.61. The van der Waals surface area contributed by atoms with Gasteiger partial charge in [0.15, 0.2) is 0 Å². The summed E-state index contributed by atoms with van der Waals surface area (Å²) in [4.78, 5) is 5.14. The minimum atomic E-state index is -0.590. The first kappa shape index (κ1) is 74.2. The van der Waals surface area contributed by atoms with Gasteiger partial charge in [0.2, 0.25) is 0 Å². The van der Waals surface area contributed by atoms with Gasteiger partial charge in [0.25, 0.3) is 6.71 Å². The molecule has 7 heteroatoms. The van der Waals surface area contributed by atoms with Crippen molar-refractivity contribution in [2.24, 2.45) is 0 Å². The van der Waals surface area contributed by atoms with Gasteiger partial charge in [-0.25, -0.2) is 0 Å². The molecule has 0 fully saturated rings. The fourth-order valence-electron chi connectivity index (χ4n) is 21.0. The zero-order valence-electron chi connectivity index (χ0n) is 87.3. The van der Waals surface area contributed by atoms with Crippen LogP contribution in [0.2, 0.25) is 0 Å². The summed E-state index contributed by atoms with van der Waals surface area (Å²) in [6.07, 6.45) is 0. The van der Waals surface area contributed by atoms with E-state index in [1.165, 1.54) is 54.9 Å². The Morgan fingerprint density at radius 3 is 1.01 bits per heavy atom. The summed E-state index contributed by atoms with van der Waals surface area (Å²) in [5.74, 6) is 0. The van der Waals surface area contributed by atoms with Crippen LogP contribution in [0.4, 0.5) is 34.1 Å². The number of rotatable bonds is 9. The standard InChI is InChI=1S/C124H117BN6/c1-118(2,3)80-51-59-104-96(68-80)97-69-81(119(4,5)6)52-60-105(97)127(104)88-55-57-100-110(74-88)130(109-50-36-46-93-92-45-35-49-108(116(92)128(117(93)109)87-41-29-24-30-42-87)129-106-61-53-82(120(7,8)9)70-98(106)99-71-83(121(10,11)12)54-62-107(99)129)112-65-79(78-63-84(122(13,14)15)67-85(64-78)123(16,17)18)66-113-114(112)125(100)101-58-56-89(126-102-47-33-31-43-90(102)91-44-32-34-48-103(91)126)75-111(101)131(113)115-94(76-37-25-22-26-38-76)72-86(124(19,20)21)73-95(115)77-39-27-23-28-40-77/h22-75H,1-21H3/i31D,32D,33D,34D,43D,44D,47D,48D. The van der Waals surface area contributed by atoms with Crippen molar-refractivity contribution >= 4 is 144 Å². The van der Waals surface area contributed by atoms with Crippen LogP contribution >= 0.6 is 0 Å². The highest BCUT2D eigenvalue weighted by Crippen LogP contribution is 2.56. The summed E-state index contributed by atoms with van der Waals surface area (Å²) in [5.41, 5.74) is 31.0. The summed E-state index contributed by atoms with van der Waals surface area (Å²) >= 11 is 0. The summed E-state index contributed by atoms with van der Waals surface area (Å²) in [6.45, 7) is 47.8. The predicted octanol–water partition coefficient (Wildman–Crippen LogP) is 32.2. The topological polar surface area (TPSA) is 26.2 Å². The second-order valence-corrected chi connectivity index (χ2v) is 44.1. The fraction of sp³-hybridized carbons (Fsp3) is 0.226. The minimum absolute atomic E-state index is 0.00289. The largest absolute Gasteiger partial charge is 0.310 e. The molecule has 6 heterocycles. The number of para-hydroxylation sites is 5. The molecule has 0 unspecified atom stereocenters. The highest BCUT2D eigenvalue weighted by Gasteiger charge is 2.47. The molecule has 2 aliphatic heterocycles. The Hall–Kier alpha value is -13.6. The summed E-state index contributed by atoms with van der Waals surface area (Å²) in [6, 6.07) is 102. The van der Waals surface area contributed by atoms with Gasteiger partial charge >= 0.3 is 0 Å². The fourth-order valence-corrected chi connectivity index (χ4v) is 21.0. The van der Waals surface area contributed by atoms with E-state index in [9.17, 15) is 11.0 Å². The van der Waals surface area contributed by atoms with Crippen LogP contribution in [-0.4, -0.2) is 25.0 Å². The van der Waals surface area contributed by atoms with Gasteiger partial charge in [0.1, 0.15) is 0 Å². The highest BCUT2D eigenvalue weighted by atomic mass is 15.2. The zero-order chi connectivity index (χ0) is 97.9. The van der Waals surface area contributed by atoms with Crippen LogP contribution in [0.25, 0.3) is 143 Å². The van der Waals surface area contributed by atoms with Crippen LogP contribution in [0, 0.1) is 0 Å². The van der Waals surface area contributed by atoms with Crippen molar-refractivity contribution in [2.75, 3.05) is 9.80 Å². The number of fused-ring (bicyclic) bond motifs is 16. The van der Waals surface area contributed by atoms with Gasteiger partial charge in [-0.05, 0) is 249 Å². The summed E-state index contributed by atoms with van der Waals surface area (Å²) < 4.78 is 86.8. The molecule has 0 N–H and O–H groups in total. The third kappa shape index (κ3) is 13.5. The van der Waals surface area contributed by atoms with Crippen LogP contribution in [0.1, 0.15) is 195 Å². The Morgan fingerprint density at radius 1 is 0.221 bits per heavy atom. The van der Waals surface area contributed by atoms with Crippen LogP contribution < -0.4 is 26.2 Å². The van der Waals surface area contributed by atoms with Gasteiger partial charge in [0.05, 0.1) is 72.2 Å². The molecule has 4 aromatic heterocycles. The lowest BCUT2D eigenvalue weighted by atomic mass is 9.33. The van der Waals surface area contributed by atoms with Crippen LogP contribution in [0.5, 0.6) is 0 Å². The van der Waals surface area contributed by atoms with Crippen LogP contribution in [-0.2, 0) is 37.9 Å². The van der Waals surface area contributed by atoms with Gasteiger partial charge < -0.3 is 28.1 Å². The number of hydrogen-bond donors (Lipinski definition) is 0. The molecule has 646 valence electrons. The summed E-state index contributed by atoms with van der Waals surface area (Å²) in [5, 5.41) is 6.89. The summed E-state index contributed by atoms with van der Waals surface area (Å²) in [7, 11) is 0. The van der Waals surface area contributed by atoms with Crippen molar-refractivity contribution in [3.05, 3.63) is 366 Å². The van der Waals surface area contributed by atoms with E-state index < -0.39 is 43.0 Å². The van der Waals surface area contributed by atoms with Gasteiger partial charge in [0, 0.05) is 94.0 Å². The van der Waals surface area contributed by atoms with Crippen molar-refractivity contribution in [1.82, 2.24) is 18.3 Å². The number of hydrogen-bond acceptors (Lipinski definition) is 2. The SMILES string of the molecule is [2H]c1c([2H])c([2H])c2c(c1[2H])c1c([2H])c([2H])c([2H])c([2H])c1n2-c1ccc2c(c1)N(c1c(-c3ccccc3)cc(C(C)(C)C)cc1-c1ccccc1)c1cc(-c3cc(C(C)(C)C)cc(C(C)(C)C)c3)cc3c1B2c1ccc(-n2c4ccc(C(C)(C)C)cc4c4cc(C(C)(C)C)ccc42)cc1N3c1cccc2c3cccc(-n4c5ccc(C(C)(C)C)cc5c5cc(C(C)(C)C)ccc54)c3n(-c3ccccc3)c12. The lowest BCUT2D eigenvalue weighted by molar-refractivity contribution is 0.569. The van der Waals surface area contributed by atoms with E-state index >= 15 is 0 Å². The molecule has 0 spiro atoms. The van der Waals surface area contributed by atoms with E-state index in [4.69, 9.17) is 0 Å². The molecule has 0 amide bonds. The van der Waals surface area contributed by atoms with Crippen molar-refractivity contribution in [3.63, 3.8) is 0 Å². The molecule has 0 saturated carbocycles. The lowest BCUT2D eigenvalue weighted by Gasteiger charge is -2.45. The van der Waals surface area contributed by atoms with Crippen LogP contribution in [0.3, 0.4) is 0 Å². The third-order valence-electron chi connectivity index (χ3n) is 28.2. The van der Waals surface area contributed by atoms with Gasteiger partial charge in [-0.2, -0.15) is 0 Å². The molecule has 0 bridgehead atoms. The van der Waals surface area contributed by atoms with Gasteiger partial charge in [-0.3, -0.25) is 0 Å². The molecule has 0 radical (unpaired) electrons. The Balaban J connectivity index is 0.954. The molecular formula is C124H117BN6. The Labute approximate surface area is 784 Å². The number of nitrogens with zero attached hydrogens (tertiary/aromatic N) is 6. The van der Waals surface area contributed by atoms with E-state index in [2.05, 4.69) is 442 Å². The van der Waals surface area contributed by atoms with Crippen molar-refractivity contribution in [3.8, 4) is 56.1 Å². The van der Waals surface area contributed by atoms with Crippen molar-refractivity contribution in [2.45, 2.75) is 183 Å². The average Bonchev–Trinajstić information content (AvgIpc) is 1.57. The molecule has 2 aliphatic rings. The highest BCUT2D eigenvalue weighted by molar-refractivity contribution is 7.00. The van der Waals surface area contributed by atoms with Crippen molar-refractivity contribution < 1.29 is 11.0 Å². The maximum Gasteiger partial charge on any atom is 0.252 e. The first-order valence-corrected chi connectivity index (χ1v) is 46.6. The molecule has 20 aromatic rings. The molecule has 0 aliphatic carbocycles. The van der Waals surface area contributed by atoms with E-state index in [0.29, 0.717) is 5.69 Å². The molecule has 6 nitrogen and oxygen atoms in total. The molecule has 131 heavy (non-hydrogen) atoms. The van der Waals surface area contributed by atoms with E-state index in [0.717, 1.165) is 150 Å². The van der Waals surface area contributed by atoms with Gasteiger partial charge in [-0.1, -0.05) is 339 Å². The average molecular weight is 1710 g/mol. The minimum Gasteiger partial charge on any atom is -0.310 e. The second-order valence-electron chi connectivity index (χ2n) is 44.1. The normalized spacial score (nSPS) is 14.3. The monoisotopic (exact) mass is 1710 g/mol. The maximum absolute atomic E-state index is 10.1. The number of aromatic nitrogens is 4. The predicted molar refractivity (Wildman–Crippen MR) is 565 cm³/mol. The number of anilines is 6. The van der Waals surface area contributed by atoms with E-state index in [1.807, 2.05) is 6.07 Å². The second kappa shape index (κ2) is 29.4. The first-order valence-electron chi connectivity index (χ1n) is 50.6. The molecule has 0 atom stereocenters. The quantitative estimate of drug-likeness (QED) is 0.135. The van der Waals surface area contributed by atoms with E-state index in [-0.39, 0.29) is 71.8 Å².